The summed E-state index contributed by atoms with van der Waals surface area (Å²) in [5, 5.41) is 7.59. The number of aryl methyl sites for hydroxylation is 2. The maximum Gasteiger partial charge on any atom is 0.251 e. The van der Waals surface area contributed by atoms with Crippen molar-refractivity contribution in [2.45, 2.75) is 13.8 Å². The summed E-state index contributed by atoms with van der Waals surface area (Å²) in [5.74, 6) is -0.560. The average Bonchev–Trinajstić information content (AvgIpc) is 2.82. The highest BCUT2D eigenvalue weighted by molar-refractivity contribution is 7.13. The average molecular weight is 289 g/mol. The number of anilines is 1. The first kappa shape index (κ1) is 14.2. The van der Waals surface area contributed by atoms with Gasteiger partial charge in [-0.05, 0) is 26.0 Å². The first-order valence-corrected chi connectivity index (χ1v) is 6.99. The van der Waals surface area contributed by atoms with E-state index in [4.69, 9.17) is 0 Å². The van der Waals surface area contributed by atoms with E-state index in [2.05, 4.69) is 15.6 Å². The Bertz CT molecular complexity index is 620. The van der Waals surface area contributed by atoms with Crippen LogP contribution in [0.2, 0.25) is 0 Å². The van der Waals surface area contributed by atoms with Crippen LogP contribution in [0, 0.1) is 13.8 Å². The molecule has 2 aromatic rings. The van der Waals surface area contributed by atoms with Gasteiger partial charge in [0, 0.05) is 10.9 Å². The molecule has 1 aromatic carbocycles. The molecule has 0 saturated heterocycles. The third kappa shape index (κ3) is 3.89. The number of carbonyl (C=O) groups excluding carboxylic acids is 2. The molecule has 5 nitrogen and oxygen atoms in total. The lowest BCUT2D eigenvalue weighted by atomic mass is 10.1. The van der Waals surface area contributed by atoms with E-state index in [1.54, 1.807) is 12.1 Å². The maximum atomic E-state index is 11.8. The molecule has 20 heavy (non-hydrogen) atoms. The molecule has 1 aromatic heterocycles. The standard InChI is InChI=1S/C14H15N3O2S/c1-9-3-5-11(6-4-9)13(19)15-7-12(18)17-14-16-10(2)8-20-14/h3-6,8H,7H2,1-2H3,(H,15,19)(H,16,17,18). The van der Waals surface area contributed by atoms with Crippen LogP contribution in [0.4, 0.5) is 5.13 Å². The van der Waals surface area contributed by atoms with Gasteiger partial charge in [-0.15, -0.1) is 11.3 Å². The Balaban J connectivity index is 1.84. The van der Waals surface area contributed by atoms with Crippen molar-refractivity contribution in [1.29, 1.82) is 0 Å². The zero-order chi connectivity index (χ0) is 14.5. The van der Waals surface area contributed by atoms with Gasteiger partial charge in [0.2, 0.25) is 5.91 Å². The van der Waals surface area contributed by atoms with E-state index in [9.17, 15) is 9.59 Å². The molecule has 0 saturated carbocycles. The summed E-state index contributed by atoms with van der Waals surface area (Å²) in [6.07, 6.45) is 0. The summed E-state index contributed by atoms with van der Waals surface area (Å²) in [7, 11) is 0. The minimum Gasteiger partial charge on any atom is -0.343 e. The van der Waals surface area contributed by atoms with Crippen LogP contribution >= 0.6 is 11.3 Å². The second-order valence-electron chi connectivity index (χ2n) is 4.39. The zero-order valence-electron chi connectivity index (χ0n) is 11.3. The van der Waals surface area contributed by atoms with E-state index in [0.717, 1.165) is 11.3 Å². The monoisotopic (exact) mass is 289 g/mol. The van der Waals surface area contributed by atoms with E-state index >= 15 is 0 Å². The Hall–Kier alpha value is -2.21. The normalized spacial score (nSPS) is 10.1. The predicted octanol–water partition coefficient (Wildman–Crippen LogP) is 2.13. The van der Waals surface area contributed by atoms with E-state index in [1.165, 1.54) is 11.3 Å². The molecular formula is C14H15N3O2S. The number of carbonyl (C=O) groups is 2. The molecule has 0 spiro atoms. The van der Waals surface area contributed by atoms with Crippen molar-refractivity contribution >= 4 is 28.3 Å². The molecule has 1 heterocycles. The first-order chi connectivity index (χ1) is 9.54. The number of thiazole rings is 1. The Kier molecular flexibility index (Phi) is 4.47. The van der Waals surface area contributed by atoms with Crippen molar-refractivity contribution in [2.24, 2.45) is 0 Å². The fraction of sp³-hybridized carbons (Fsp3) is 0.214. The minimum absolute atomic E-state index is 0.0780. The topological polar surface area (TPSA) is 71.1 Å². The van der Waals surface area contributed by atoms with Crippen molar-refractivity contribution in [3.05, 3.63) is 46.5 Å². The second kappa shape index (κ2) is 6.29. The summed E-state index contributed by atoms with van der Waals surface area (Å²) in [5.41, 5.74) is 2.47. The van der Waals surface area contributed by atoms with Crippen LogP contribution in [0.3, 0.4) is 0 Å². The van der Waals surface area contributed by atoms with Crippen LogP contribution in [0.1, 0.15) is 21.6 Å². The molecule has 2 amide bonds. The van der Waals surface area contributed by atoms with Crippen LogP contribution < -0.4 is 10.6 Å². The third-order valence-electron chi connectivity index (χ3n) is 2.59. The number of nitrogens with one attached hydrogen (secondary N) is 2. The van der Waals surface area contributed by atoms with E-state index in [-0.39, 0.29) is 18.4 Å². The maximum absolute atomic E-state index is 11.8. The molecular weight excluding hydrogens is 274 g/mol. The van der Waals surface area contributed by atoms with Crippen molar-refractivity contribution in [3.63, 3.8) is 0 Å². The van der Waals surface area contributed by atoms with Gasteiger partial charge in [-0.3, -0.25) is 9.59 Å². The first-order valence-electron chi connectivity index (χ1n) is 6.11. The lowest BCUT2D eigenvalue weighted by molar-refractivity contribution is -0.115. The molecule has 0 radical (unpaired) electrons. The largest absolute Gasteiger partial charge is 0.343 e. The highest BCUT2D eigenvalue weighted by atomic mass is 32.1. The predicted molar refractivity (Wildman–Crippen MR) is 79.0 cm³/mol. The molecule has 0 unspecified atom stereocenters. The number of amides is 2. The van der Waals surface area contributed by atoms with Crippen LogP contribution in [0.15, 0.2) is 29.6 Å². The van der Waals surface area contributed by atoms with Crippen LogP contribution in [0.5, 0.6) is 0 Å². The summed E-state index contributed by atoms with van der Waals surface area (Å²) in [6, 6.07) is 7.17. The molecule has 2 N–H and O–H groups in total. The number of hydrogen-bond acceptors (Lipinski definition) is 4. The molecule has 104 valence electrons. The van der Waals surface area contributed by atoms with Gasteiger partial charge >= 0.3 is 0 Å². The second-order valence-corrected chi connectivity index (χ2v) is 5.25. The third-order valence-corrected chi connectivity index (χ3v) is 3.46. The number of aromatic nitrogens is 1. The Morgan fingerprint density at radius 2 is 1.90 bits per heavy atom. The van der Waals surface area contributed by atoms with E-state index in [0.29, 0.717) is 10.7 Å². The van der Waals surface area contributed by atoms with Gasteiger partial charge < -0.3 is 10.6 Å². The lowest BCUT2D eigenvalue weighted by Gasteiger charge is -2.05. The number of benzene rings is 1. The van der Waals surface area contributed by atoms with Gasteiger partial charge in [-0.2, -0.15) is 0 Å². The minimum atomic E-state index is -0.292. The SMILES string of the molecule is Cc1ccc(C(=O)NCC(=O)Nc2nc(C)cs2)cc1. The molecule has 0 atom stereocenters. The summed E-state index contributed by atoms with van der Waals surface area (Å²) < 4.78 is 0. The molecule has 0 aliphatic rings. The summed E-state index contributed by atoms with van der Waals surface area (Å²) >= 11 is 1.35. The van der Waals surface area contributed by atoms with Gasteiger partial charge in [0.1, 0.15) is 0 Å². The van der Waals surface area contributed by atoms with Gasteiger partial charge in [-0.25, -0.2) is 4.98 Å². The molecule has 0 aliphatic heterocycles. The highest BCUT2D eigenvalue weighted by Gasteiger charge is 2.09. The molecule has 6 heteroatoms. The summed E-state index contributed by atoms with van der Waals surface area (Å²) in [6.45, 7) is 3.72. The molecule has 0 fully saturated rings. The smallest absolute Gasteiger partial charge is 0.251 e. The van der Waals surface area contributed by atoms with E-state index in [1.807, 2.05) is 31.4 Å². The zero-order valence-corrected chi connectivity index (χ0v) is 12.1. The Morgan fingerprint density at radius 3 is 2.50 bits per heavy atom. The van der Waals surface area contributed by atoms with Gasteiger partial charge in [-0.1, -0.05) is 17.7 Å². The van der Waals surface area contributed by atoms with Crippen molar-refractivity contribution < 1.29 is 9.59 Å². The molecule has 0 aliphatic carbocycles. The number of hydrogen-bond donors (Lipinski definition) is 2. The van der Waals surface area contributed by atoms with Crippen LogP contribution in [0.25, 0.3) is 0 Å². The van der Waals surface area contributed by atoms with Crippen molar-refractivity contribution in [1.82, 2.24) is 10.3 Å². The fourth-order valence-corrected chi connectivity index (χ4v) is 2.25. The van der Waals surface area contributed by atoms with Crippen LogP contribution in [-0.2, 0) is 4.79 Å². The molecule has 0 bridgehead atoms. The number of nitrogens with zero attached hydrogens (tertiary/aromatic N) is 1. The van der Waals surface area contributed by atoms with Crippen LogP contribution in [-0.4, -0.2) is 23.3 Å². The van der Waals surface area contributed by atoms with Gasteiger partial charge in [0.25, 0.3) is 5.91 Å². The Labute approximate surface area is 121 Å². The van der Waals surface area contributed by atoms with Gasteiger partial charge in [0.15, 0.2) is 5.13 Å². The van der Waals surface area contributed by atoms with E-state index < -0.39 is 0 Å². The van der Waals surface area contributed by atoms with Crippen molar-refractivity contribution in [2.75, 3.05) is 11.9 Å². The lowest BCUT2D eigenvalue weighted by Crippen LogP contribution is -2.32. The summed E-state index contributed by atoms with van der Waals surface area (Å²) in [4.78, 5) is 27.6. The van der Waals surface area contributed by atoms with Gasteiger partial charge in [0.05, 0.1) is 12.2 Å². The Morgan fingerprint density at radius 1 is 1.20 bits per heavy atom. The quantitative estimate of drug-likeness (QED) is 0.905. The fourth-order valence-electron chi connectivity index (χ4n) is 1.54. The molecule has 2 rings (SSSR count). The highest BCUT2D eigenvalue weighted by Crippen LogP contribution is 2.13. The van der Waals surface area contributed by atoms with Crippen molar-refractivity contribution in [3.8, 4) is 0 Å². The number of rotatable bonds is 4.